The van der Waals surface area contributed by atoms with Crippen LogP contribution in [0.1, 0.15) is 26.7 Å². The molecule has 1 saturated heterocycles. The van der Waals surface area contributed by atoms with Crippen molar-refractivity contribution >= 4 is 11.8 Å². The highest BCUT2D eigenvalue weighted by atomic mass is 16.5. The fourth-order valence-electron chi connectivity index (χ4n) is 2.69. The molecule has 1 aliphatic rings. The van der Waals surface area contributed by atoms with Crippen LogP contribution in [-0.2, 0) is 4.74 Å². The highest BCUT2D eigenvalue weighted by Crippen LogP contribution is 2.22. The number of nitrogens with one attached hydrogen (secondary N) is 2. The highest BCUT2D eigenvalue weighted by Gasteiger charge is 2.16. The molecule has 2 heterocycles. The van der Waals surface area contributed by atoms with E-state index in [1.807, 2.05) is 24.3 Å². The van der Waals surface area contributed by atoms with Gasteiger partial charge in [-0.2, -0.15) is 4.98 Å². The van der Waals surface area contributed by atoms with Crippen molar-refractivity contribution in [1.29, 1.82) is 0 Å². The molecule has 1 aromatic heterocycles. The fourth-order valence-corrected chi connectivity index (χ4v) is 2.69. The summed E-state index contributed by atoms with van der Waals surface area (Å²) in [7, 11) is 0. The molecule has 24 heavy (non-hydrogen) atoms. The molecule has 2 N–H and O–H groups in total. The van der Waals surface area contributed by atoms with Crippen LogP contribution in [0.3, 0.4) is 0 Å². The maximum absolute atomic E-state index is 5.67. The van der Waals surface area contributed by atoms with Crippen molar-refractivity contribution in [3.05, 3.63) is 36.4 Å². The van der Waals surface area contributed by atoms with E-state index in [9.17, 15) is 0 Å². The molecule has 1 unspecified atom stereocenters. The second-order valence-electron chi connectivity index (χ2n) is 6.62. The molecule has 0 spiro atoms. The number of hydrogen-bond donors (Lipinski definition) is 2. The van der Waals surface area contributed by atoms with E-state index in [-0.39, 0.29) is 6.10 Å². The zero-order valence-electron chi connectivity index (χ0n) is 14.5. The van der Waals surface area contributed by atoms with Crippen LogP contribution in [0.2, 0.25) is 0 Å². The van der Waals surface area contributed by atoms with Gasteiger partial charge in [0.05, 0.1) is 11.8 Å². The smallest absolute Gasteiger partial charge is 0.225 e. The zero-order valence-corrected chi connectivity index (χ0v) is 14.5. The van der Waals surface area contributed by atoms with Crippen LogP contribution >= 0.6 is 0 Å². The van der Waals surface area contributed by atoms with Crippen molar-refractivity contribution in [1.82, 2.24) is 9.97 Å². The molecule has 1 aliphatic heterocycles. The van der Waals surface area contributed by atoms with Crippen molar-refractivity contribution in [3.63, 3.8) is 0 Å². The zero-order chi connectivity index (χ0) is 16.8. The molecule has 5 nitrogen and oxygen atoms in total. The van der Waals surface area contributed by atoms with Crippen LogP contribution in [-0.4, -0.2) is 35.8 Å². The minimum Gasteiger partial charge on any atom is -0.376 e. The van der Waals surface area contributed by atoms with Crippen molar-refractivity contribution in [2.24, 2.45) is 5.92 Å². The van der Waals surface area contributed by atoms with Gasteiger partial charge in [0.15, 0.2) is 0 Å². The first kappa shape index (κ1) is 16.7. The Morgan fingerprint density at radius 1 is 1.17 bits per heavy atom. The van der Waals surface area contributed by atoms with Crippen LogP contribution in [0, 0.1) is 5.92 Å². The summed E-state index contributed by atoms with van der Waals surface area (Å²) in [6, 6.07) is 12.2. The van der Waals surface area contributed by atoms with Crippen LogP contribution in [0.15, 0.2) is 36.4 Å². The topological polar surface area (TPSA) is 59.1 Å². The monoisotopic (exact) mass is 326 g/mol. The van der Waals surface area contributed by atoms with E-state index in [0.29, 0.717) is 11.9 Å². The summed E-state index contributed by atoms with van der Waals surface area (Å²) in [5.74, 6) is 2.06. The summed E-state index contributed by atoms with van der Waals surface area (Å²) in [5, 5.41) is 6.74. The average Bonchev–Trinajstić information content (AvgIpc) is 3.12. The van der Waals surface area contributed by atoms with Gasteiger partial charge >= 0.3 is 0 Å². The predicted octanol–water partition coefficient (Wildman–Crippen LogP) is 3.80. The molecule has 5 heteroatoms. The third-order valence-corrected chi connectivity index (χ3v) is 4.00. The molecule has 0 aliphatic carbocycles. The number of hydrogen-bond acceptors (Lipinski definition) is 5. The van der Waals surface area contributed by atoms with Crippen molar-refractivity contribution < 1.29 is 4.74 Å². The fraction of sp³-hybridized carbons (Fsp3) is 0.474. The molecule has 0 bridgehead atoms. The van der Waals surface area contributed by atoms with Gasteiger partial charge in [0.1, 0.15) is 5.82 Å². The number of ether oxygens (including phenoxy) is 1. The van der Waals surface area contributed by atoms with Crippen molar-refractivity contribution in [3.8, 4) is 11.3 Å². The largest absolute Gasteiger partial charge is 0.376 e. The molecule has 2 aromatic rings. The third kappa shape index (κ3) is 4.68. The average molecular weight is 326 g/mol. The first-order valence-corrected chi connectivity index (χ1v) is 8.74. The number of anilines is 2. The van der Waals surface area contributed by atoms with Crippen LogP contribution in [0.25, 0.3) is 11.3 Å². The van der Waals surface area contributed by atoms with Crippen molar-refractivity contribution in [2.45, 2.75) is 32.8 Å². The van der Waals surface area contributed by atoms with Gasteiger partial charge in [-0.05, 0) is 18.8 Å². The molecule has 1 aromatic carbocycles. The SMILES string of the molecule is CC(C)CNc1cc(-c2ccccc2)nc(NCC2CCCO2)n1. The minimum absolute atomic E-state index is 0.265. The first-order valence-electron chi connectivity index (χ1n) is 8.74. The Hall–Kier alpha value is -2.14. The predicted molar refractivity (Wildman–Crippen MR) is 98.3 cm³/mol. The summed E-state index contributed by atoms with van der Waals surface area (Å²) in [5.41, 5.74) is 2.01. The lowest BCUT2D eigenvalue weighted by molar-refractivity contribution is 0.120. The maximum Gasteiger partial charge on any atom is 0.225 e. The molecule has 1 fully saturated rings. The number of aromatic nitrogens is 2. The Balaban J connectivity index is 1.78. The molecule has 1 atom stereocenters. The Morgan fingerprint density at radius 2 is 2.00 bits per heavy atom. The van der Waals surface area contributed by atoms with Gasteiger partial charge in [0.2, 0.25) is 5.95 Å². The summed E-state index contributed by atoms with van der Waals surface area (Å²) >= 11 is 0. The van der Waals surface area contributed by atoms with E-state index in [2.05, 4.69) is 46.6 Å². The summed E-state index contributed by atoms with van der Waals surface area (Å²) < 4.78 is 5.67. The standard InChI is InChI=1S/C19H26N4O/c1-14(2)12-20-18-11-17(15-7-4-3-5-8-15)22-19(23-18)21-13-16-9-6-10-24-16/h3-5,7-8,11,14,16H,6,9-10,12-13H2,1-2H3,(H2,20,21,22,23). The van der Waals surface area contributed by atoms with Gasteiger partial charge in [-0.3, -0.25) is 0 Å². The quantitative estimate of drug-likeness (QED) is 0.810. The maximum atomic E-state index is 5.67. The van der Waals surface area contributed by atoms with E-state index in [4.69, 9.17) is 4.74 Å². The van der Waals surface area contributed by atoms with E-state index in [1.54, 1.807) is 0 Å². The van der Waals surface area contributed by atoms with Gasteiger partial charge in [0, 0.05) is 31.3 Å². The minimum atomic E-state index is 0.265. The van der Waals surface area contributed by atoms with Gasteiger partial charge in [-0.25, -0.2) is 4.98 Å². The Kier molecular flexibility index (Phi) is 5.64. The first-order chi connectivity index (χ1) is 11.7. The molecule has 3 rings (SSSR count). The molecule has 0 amide bonds. The van der Waals surface area contributed by atoms with Crippen LogP contribution in [0.4, 0.5) is 11.8 Å². The van der Waals surface area contributed by atoms with E-state index < -0.39 is 0 Å². The Bertz CT molecular complexity index is 639. The Morgan fingerprint density at radius 3 is 2.71 bits per heavy atom. The highest BCUT2D eigenvalue weighted by molar-refractivity contribution is 5.64. The number of rotatable bonds is 7. The van der Waals surface area contributed by atoms with E-state index in [1.165, 1.54) is 0 Å². The summed E-state index contributed by atoms with van der Waals surface area (Å²) in [4.78, 5) is 9.28. The lowest BCUT2D eigenvalue weighted by Crippen LogP contribution is -2.20. The van der Waals surface area contributed by atoms with Gasteiger partial charge in [-0.15, -0.1) is 0 Å². The molecule has 0 saturated carbocycles. The lowest BCUT2D eigenvalue weighted by atomic mass is 10.1. The molecule has 0 radical (unpaired) electrons. The van der Waals surface area contributed by atoms with Gasteiger partial charge in [0.25, 0.3) is 0 Å². The van der Waals surface area contributed by atoms with Crippen LogP contribution in [0.5, 0.6) is 0 Å². The normalized spacial score (nSPS) is 17.2. The van der Waals surface area contributed by atoms with Gasteiger partial charge in [-0.1, -0.05) is 44.2 Å². The van der Waals surface area contributed by atoms with Gasteiger partial charge < -0.3 is 15.4 Å². The van der Waals surface area contributed by atoms with E-state index in [0.717, 1.165) is 49.6 Å². The van der Waals surface area contributed by atoms with Crippen LogP contribution < -0.4 is 10.6 Å². The number of nitrogens with zero attached hydrogens (tertiary/aromatic N) is 2. The second kappa shape index (κ2) is 8.11. The number of benzene rings is 1. The molecule has 128 valence electrons. The molecular formula is C19H26N4O. The summed E-state index contributed by atoms with van der Waals surface area (Å²) in [6.45, 7) is 6.86. The lowest BCUT2D eigenvalue weighted by Gasteiger charge is -2.14. The molecular weight excluding hydrogens is 300 g/mol. The summed E-state index contributed by atoms with van der Waals surface area (Å²) in [6.07, 6.45) is 2.50. The second-order valence-corrected chi connectivity index (χ2v) is 6.62. The Labute approximate surface area is 143 Å². The van der Waals surface area contributed by atoms with Crippen molar-refractivity contribution in [2.75, 3.05) is 30.3 Å². The third-order valence-electron chi connectivity index (χ3n) is 4.00. The van der Waals surface area contributed by atoms with E-state index >= 15 is 0 Å².